The number of hydrogen-bond donors (Lipinski definition) is 2. The molecule has 0 aromatic rings. The zero-order valence-electron chi connectivity index (χ0n) is 8.02. The van der Waals surface area contributed by atoms with Crippen LogP contribution in [0.15, 0.2) is 0 Å². The molecule has 12 heavy (non-hydrogen) atoms. The molecule has 2 nitrogen and oxygen atoms in total. The molecular weight excluding hydrogens is 168 g/mol. The zero-order valence-corrected chi connectivity index (χ0v) is 8.84. The van der Waals surface area contributed by atoms with Crippen molar-refractivity contribution in [1.82, 2.24) is 10.6 Å². The molecule has 1 unspecified atom stereocenters. The third-order valence-electron chi connectivity index (χ3n) is 1.97. The van der Waals surface area contributed by atoms with Crippen molar-refractivity contribution in [3.63, 3.8) is 0 Å². The van der Waals surface area contributed by atoms with Gasteiger partial charge in [0.2, 0.25) is 0 Å². The first-order chi connectivity index (χ1) is 5.83. The molecule has 1 fully saturated rings. The molecule has 2 N–H and O–H groups in total. The van der Waals surface area contributed by atoms with Gasteiger partial charge in [0.15, 0.2) is 0 Å². The lowest BCUT2D eigenvalue weighted by molar-refractivity contribution is 0.526. The molecule has 3 heteroatoms. The van der Waals surface area contributed by atoms with Gasteiger partial charge in [-0.05, 0) is 13.3 Å². The Balaban J connectivity index is 2.11. The fourth-order valence-corrected chi connectivity index (χ4v) is 2.35. The van der Waals surface area contributed by atoms with E-state index in [2.05, 4.69) is 24.5 Å². The molecule has 1 heterocycles. The fraction of sp³-hybridized carbons (Fsp3) is 0.889. The second-order valence-corrected chi connectivity index (χ2v) is 4.47. The molecule has 1 saturated heterocycles. The Morgan fingerprint density at radius 2 is 2.50 bits per heavy atom. The summed E-state index contributed by atoms with van der Waals surface area (Å²) in [6.07, 6.45) is 2.53. The van der Waals surface area contributed by atoms with Gasteiger partial charge in [-0.3, -0.25) is 5.32 Å². The van der Waals surface area contributed by atoms with Gasteiger partial charge in [-0.25, -0.2) is 0 Å². The maximum Gasteiger partial charge on any atom is 0.106 e. The van der Waals surface area contributed by atoms with E-state index in [9.17, 15) is 0 Å². The highest BCUT2D eigenvalue weighted by molar-refractivity contribution is 8.02. The molecule has 1 aliphatic heterocycles. The van der Waals surface area contributed by atoms with Crippen LogP contribution in [0, 0.1) is 5.37 Å². The van der Waals surface area contributed by atoms with E-state index in [-0.39, 0.29) is 0 Å². The molecule has 0 aliphatic carbocycles. The molecule has 71 valence electrons. The Morgan fingerprint density at radius 3 is 3.08 bits per heavy atom. The SMILES string of the molecule is CCCC(C)N[C]1CNCCS1. The van der Waals surface area contributed by atoms with E-state index in [4.69, 9.17) is 0 Å². The van der Waals surface area contributed by atoms with Crippen molar-refractivity contribution in [2.45, 2.75) is 32.7 Å². The van der Waals surface area contributed by atoms with E-state index in [1.54, 1.807) is 0 Å². The molecule has 0 amide bonds. The van der Waals surface area contributed by atoms with Gasteiger partial charge >= 0.3 is 0 Å². The van der Waals surface area contributed by atoms with Crippen molar-refractivity contribution in [1.29, 1.82) is 0 Å². The average Bonchev–Trinajstić information content (AvgIpc) is 2.06. The topological polar surface area (TPSA) is 24.1 Å². The van der Waals surface area contributed by atoms with Crippen molar-refractivity contribution in [2.75, 3.05) is 18.8 Å². The van der Waals surface area contributed by atoms with Crippen molar-refractivity contribution < 1.29 is 0 Å². The minimum Gasteiger partial charge on any atom is -0.313 e. The second-order valence-electron chi connectivity index (χ2n) is 3.28. The molecule has 1 rings (SSSR count). The number of thioether (sulfide) groups is 1. The van der Waals surface area contributed by atoms with Gasteiger partial charge in [-0.2, -0.15) is 0 Å². The van der Waals surface area contributed by atoms with Crippen LogP contribution in [0.2, 0.25) is 0 Å². The average molecular weight is 187 g/mol. The van der Waals surface area contributed by atoms with Crippen molar-refractivity contribution in [3.05, 3.63) is 5.37 Å². The first-order valence-corrected chi connectivity index (χ1v) is 5.77. The summed E-state index contributed by atoms with van der Waals surface area (Å²) in [5.41, 5.74) is 0. The van der Waals surface area contributed by atoms with E-state index >= 15 is 0 Å². The van der Waals surface area contributed by atoms with Crippen LogP contribution < -0.4 is 10.6 Å². The first-order valence-electron chi connectivity index (χ1n) is 4.78. The quantitative estimate of drug-likeness (QED) is 0.699. The van der Waals surface area contributed by atoms with Gasteiger partial charge < -0.3 is 5.32 Å². The summed E-state index contributed by atoms with van der Waals surface area (Å²) in [5.74, 6) is 1.21. The van der Waals surface area contributed by atoms with Crippen molar-refractivity contribution >= 4 is 11.8 Å². The lowest BCUT2D eigenvalue weighted by Crippen LogP contribution is -2.39. The highest BCUT2D eigenvalue weighted by Crippen LogP contribution is 2.18. The normalized spacial score (nSPS) is 22.5. The largest absolute Gasteiger partial charge is 0.313 e. The maximum absolute atomic E-state index is 3.54. The molecule has 0 aromatic carbocycles. The fourth-order valence-electron chi connectivity index (χ4n) is 1.37. The molecule has 0 bridgehead atoms. The molecule has 1 radical (unpaired) electrons. The van der Waals surface area contributed by atoms with E-state index in [1.165, 1.54) is 24.0 Å². The number of hydrogen-bond acceptors (Lipinski definition) is 3. The Morgan fingerprint density at radius 1 is 1.67 bits per heavy atom. The smallest absolute Gasteiger partial charge is 0.106 e. The Hall–Kier alpha value is 0.270. The summed E-state index contributed by atoms with van der Waals surface area (Å²) in [7, 11) is 0. The highest BCUT2D eigenvalue weighted by atomic mass is 32.2. The van der Waals surface area contributed by atoms with E-state index in [0.717, 1.165) is 13.1 Å². The molecule has 0 saturated carbocycles. The summed E-state index contributed by atoms with van der Waals surface area (Å²) in [6.45, 7) is 6.68. The summed E-state index contributed by atoms with van der Waals surface area (Å²) in [5, 5.41) is 8.32. The Kier molecular flexibility index (Phi) is 5.04. The van der Waals surface area contributed by atoms with Gasteiger partial charge in [0, 0.05) is 24.9 Å². The number of nitrogens with one attached hydrogen (secondary N) is 2. The lowest BCUT2D eigenvalue weighted by atomic mass is 10.2. The zero-order chi connectivity index (χ0) is 8.81. The van der Waals surface area contributed by atoms with E-state index in [1.807, 2.05) is 11.8 Å². The maximum atomic E-state index is 3.54. The predicted molar refractivity (Wildman–Crippen MR) is 56.1 cm³/mol. The minimum absolute atomic E-state index is 0.636. The minimum atomic E-state index is 0.636. The van der Waals surface area contributed by atoms with Crippen LogP contribution in [0.25, 0.3) is 0 Å². The van der Waals surface area contributed by atoms with Crippen LogP contribution in [-0.2, 0) is 0 Å². The van der Waals surface area contributed by atoms with Gasteiger partial charge in [0.25, 0.3) is 0 Å². The standard InChI is InChI=1S/C9H19N2S/c1-3-4-8(2)11-9-7-10-5-6-12-9/h8,10-11H,3-7H2,1-2H3. The van der Waals surface area contributed by atoms with Crippen LogP contribution in [0.4, 0.5) is 0 Å². The molecule has 1 atom stereocenters. The van der Waals surface area contributed by atoms with Crippen LogP contribution in [-0.4, -0.2) is 24.9 Å². The third-order valence-corrected chi connectivity index (χ3v) is 2.99. The summed E-state index contributed by atoms with van der Waals surface area (Å²) < 4.78 is 0. The Bertz CT molecular complexity index is 113. The van der Waals surface area contributed by atoms with Gasteiger partial charge in [-0.15, -0.1) is 11.8 Å². The molecule has 0 spiro atoms. The van der Waals surface area contributed by atoms with Crippen molar-refractivity contribution in [2.24, 2.45) is 0 Å². The van der Waals surface area contributed by atoms with Crippen LogP contribution in [0.5, 0.6) is 0 Å². The number of rotatable bonds is 4. The van der Waals surface area contributed by atoms with Gasteiger partial charge in [0.05, 0.1) is 0 Å². The summed E-state index contributed by atoms with van der Waals surface area (Å²) in [4.78, 5) is 0. The molecule has 0 aromatic heterocycles. The van der Waals surface area contributed by atoms with E-state index in [0.29, 0.717) is 6.04 Å². The highest BCUT2D eigenvalue weighted by Gasteiger charge is 2.15. The van der Waals surface area contributed by atoms with E-state index < -0.39 is 0 Å². The van der Waals surface area contributed by atoms with Crippen LogP contribution in [0.1, 0.15) is 26.7 Å². The monoisotopic (exact) mass is 187 g/mol. The van der Waals surface area contributed by atoms with Crippen molar-refractivity contribution in [3.8, 4) is 0 Å². The van der Waals surface area contributed by atoms with Crippen LogP contribution in [0.3, 0.4) is 0 Å². The van der Waals surface area contributed by atoms with Crippen LogP contribution >= 0.6 is 11.8 Å². The lowest BCUT2D eigenvalue weighted by Gasteiger charge is -2.25. The summed E-state index contributed by atoms with van der Waals surface area (Å²) in [6, 6.07) is 0.636. The second kappa shape index (κ2) is 5.84. The predicted octanol–water partition coefficient (Wildman–Crippen LogP) is 1.59. The first kappa shape index (κ1) is 10.4. The van der Waals surface area contributed by atoms with Gasteiger partial charge in [0.1, 0.15) is 5.37 Å². The Labute approximate surface area is 79.9 Å². The third kappa shape index (κ3) is 3.78. The molecule has 1 aliphatic rings. The summed E-state index contributed by atoms with van der Waals surface area (Å²) >= 11 is 1.96. The molecular formula is C9H19N2S. The van der Waals surface area contributed by atoms with Gasteiger partial charge in [-0.1, -0.05) is 13.3 Å².